The lowest BCUT2D eigenvalue weighted by atomic mass is 10.1. The first kappa shape index (κ1) is 11.0. The molecule has 1 heterocycles. The Balaban J connectivity index is 2.47. The molecule has 0 saturated carbocycles. The van der Waals surface area contributed by atoms with Gasteiger partial charge < -0.3 is 25.1 Å². The van der Waals surface area contributed by atoms with Crippen molar-refractivity contribution in [2.75, 3.05) is 26.9 Å². The number of hydrogen-bond donors (Lipinski definition) is 2. The Morgan fingerprint density at radius 1 is 1.44 bits per heavy atom. The summed E-state index contributed by atoms with van der Waals surface area (Å²) in [4.78, 5) is 0. The molecule has 5 nitrogen and oxygen atoms in total. The van der Waals surface area contributed by atoms with E-state index in [-0.39, 0.29) is 6.54 Å². The second-order valence-corrected chi connectivity index (χ2v) is 3.46. The summed E-state index contributed by atoms with van der Waals surface area (Å²) in [5.41, 5.74) is 6.05. The summed E-state index contributed by atoms with van der Waals surface area (Å²) in [6.45, 7) is 1.14. The van der Waals surface area contributed by atoms with Gasteiger partial charge in [-0.25, -0.2) is 0 Å². The Morgan fingerprint density at radius 2 is 2.19 bits per heavy atom. The molecule has 5 heteroatoms. The van der Waals surface area contributed by atoms with Gasteiger partial charge in [0.2, 0.25) is 5.75 Å². The van der Waals surface area contributed by atoms with E-state index in [4.69, 9.17) is 19.9 Å². The Bertz CT molecular complexity index is 380. The van der Waals surface area contributed by atoms with Gasteiger partial charge >= 0.3 is 0 Å². The van der Waals surface area contributed by atoms with Gasteiger partial charge in [0.05, 0.1) is 13.2 Å². The summed E-state index contributed by atoms with van der Waals surface area (Å²) >= 11 is 0. The second-order valence-electron chi connectivity index (χ2n) is 3.46. The number of nitrogens with two attached hydrogens (primary N) is 1. The first-order chi connectivity index (χ1) is 7.77. The third-order valence-electron chi connectivity index (χ3n) is 2.48. The maximum atomic E-state index is 9.74. The third-order valence-corrected chi connectivity index (χ3v) is 2.48. The highest BCUT2D eigenvalue weighted by Gasteiger charge is 2.22. The molecular weight excluding hydrogens is 210 g/mol. The monoisotopic (exact) mass is 225 g/mol. The molecule has 1 atom stereocenters. The maximum absolute atomic E-state index is 9.74. The molecule has 0 saturated heterocycles. The summed E-state index contributed by atoms with van der Waals surface area (Å²) in [6.07, 6.45) is -0.759. The van der Waals surface area contributed by atoms with E-state index in [1.165, 1.54) is 7.11 Å². The SMILES string of the molecule is COc1c(C(O)CN)ccc2c1OCCO2. The van der Waals surface area contributed by atoms with E-state index in [9.17, 15) is 5.11 Å². The zero-order valence-corrected chi connectivity index (χ0v) is 9.10. The number of hydrogen-bond acceptors (Lipinski definition) is 5. The Kier molecular flexibility index (Phi) is 3.17. The van der Waals surface area contributed by atoms with Gasteiger partial charge in [0.1, 0.15) is 13.2 Å². The number of ether oxygens (including phenoxy) is 3. The molecule has 0 amide bonds. The zero-order valence-electron chi connectivity index (χ0n) is 9.10. The lowest BCUT2D eigenvalue weighted by Gasteiger charge is -2.23. The zero-order chi connectivity index (χ0) is 11.5. The number of benzene rings is 1. The van der Waals surface area contributed by atoms with Crippen molar-refractivity contribution in [3.8, 4) is 17.2 Å². The molecule has 2 rings (SSSR count). The van der Waals surface area contributed by atoms with Gasteiger partial charge in [-0.2, -0.15) is 0 Å². The molecule has 88 valence electrons. The number of fused-ring (bicyclic) bond motifs is 1. The minimum atomic E-state index is -0.759. The van der Waals surface area contributed by atoms with E-state index in [0.717, 1.165) is 0 Å². The van der Waals surface area contributed by atoms with E-state index >= 15 is 0 Å². The topological polar surface area (TPSA) is 73.9 Å². The lowest BCUT2D eigenvalue weighted by molar-refractivity contribution is 0.157. The van der Waals surface area contributed by atoms with Crippen LogP contribution in [0.25, 0.3) is 0 Å². The molecule has 3 N–H and O–H groups in total. The van der Waals surface area contributed by atoms with Crippen LogP contribution in [0.1, 0.15) is 11.7 Å². The van der Waals surface area contributed by atoms with Crippen LogP contribution in [0, 0.1) is 0 Å². The molecule has 1 aromatic carbocycles. The standard InChI is InChI=1S/C11H15NO4/c1-14-10-7(8(13)6-12)2-3-9-11(10)16-5-4-15-9/h2-3,8,13H,4-6,12H2,1H3. The van der Waals surface area contributed by atoms with Crippen molar-refractivity contribution < 1.29 is 19.3 Å². The molecule has 1 aliphatic heterocycles. The summed E-state index contributed by atoms with van der Waals surface area (Å²) in [6, 6.07) is 3.50. The molecule has 0 bridgehead atoms. The Labute approximate surface area is 93.7 Å². The van der Waals surface area contributed by atoms with Crippen LogP contribution in [-0.4, -0.2) is 32.0 Å². The third kappa shape index (κ3) is 1.79. The van der Waals surface area contributed by atoms with Crippen LogP contribution in [0.3, 0.4) is 0 Å². The van der Waals surface area contributed by atoms with E-state index in [1.807, 2.05) is 0 Å². The molecule has 1 unspecified atom stereocenters. The maximum Gasteiger partial charge on any atom is 0.204 e. The minimum absolute atomic E-state index is 0.135. The van der Waals surface area contributed by atoms with Gasteiger partial charge in [0.15, 0.2) is 11.5 Å². The fourth-order valence-electron chi connectivity index (χ4n) is 1.71. The molecule has 0 fully saturated rings. The number of rotatable bonds is 3. The van der Waals surface area contributed by atoms with Crippen molar-refractivity contribution in [1.82, 2.24) is 0 Å². The van der Waals surface area contributed by atoms with E-state index in [0.29, 0.717) is 36.0 Å². The van der Waals surface area contributed by atoms with Crippen LogP contribution in [0.5, 0.6) is 17.2 Å². The van der Waals surface area contributed by atoms with Crippen molar-refractivity contribution in [3.63, 3.8) is 0 Å². The van der Waals surface area contributed by atoms with Gasteiger partial charge in [-0.05, 0) is 12.1 Å². The minimum Gasteiger partial charge on any atom is -0.492 e. The fraction of sp³-hybridized carbons (Fsp3) is 0.455. The smallest absolute Gasteiger partial charge is 0.204 e. The van der Waals surface area contributed by atoms with Gasteiger partial charge in [0.25, 0.3) is 0 Å². The average molecular weight is 225 g/mol. The van der Waals surface area contributed by atoms with Crippen molar-refractivity contribution in [3.05, 3.63) is 17.7 Å². The Morgan fingerprint density at radius 3 is 2.88 bits per heavy atom. The van der Waals surface area contributed by atoms with Gasteiger partial charge in [0, 0.05) is 12.1 Å². The number of methoxy groups -OCH3 is 1. The fourth-order valence-corrected chi connectivity index (χ4v) is 1.71. The van der Waals surface area contributed by atoms with Crippen LogP contribution in [0.15, 0.2) is 12.1 Å². The van der Waals surface area contributed by atoms with E-state index in [2.05, 4.69) is 0 Å². The van der Waals surface area contributed by atoms with Crippen molar-refractivity contribution in [2.24, 2.45) is 5.73 Å². The summed E-state index contributed by atoms with van der Waals surface area (Å²) in [5.74, 6) is 1.67. The molecule has 1 aliphatic rings. The van der Waals surface area contributed by atoms with Crippen LogP contribution < -0.4 is 19.9 Å². The van der Waals surface area contributed by atoms with Crippen LogP contribution in [-0.2, 0) is 0 Å². The molecular formula is C11H15NO4. The summed E-state index contributed by atoms with van der Waals surface area (Å²) in [7, 11) is 1.53. The van der Waals surface area contributed by atoms with E-state index < -0.39 is 6.10 Å². The molecule has 0 aliphatic carbocycles. The first-order valence-corrected chi connectivity index (χ1v) is 5.12. The van der Waals surface area contributed by atoms with Crippen LogP contribution in [0.2, 0.25) is 0 Å². The van der Waals surface area contributed by atoms with Gasteiger partial charge in [-0.15, -0.1) is 0 Å². The quantitative estimate of drug-likeness (QED) is 0.781. The molecule has 0 aromatic heterocycles. The van der Waals surface area contributed by atoms with Crippen molar-refractivity contribution >= 4 is 0 Å². The number of aliphatic hydroxyl groups is 1. The Hall–Kier alpha value is -1.46. The second kappa shape index (κ2) is 4.59. The predicted octanol–water partition coefficient (Wildman–Crippen LogP) is 0.458. The van der Waals surface area contributed by atoms with Gasteiger partial charge in [-0.1, -0.05) is 0 Å². The molecule has 0 radical (unpaired) electrons. The van der Waals surface area contributed by atoms with Crippen molar-refractivity contribution in [2.45, 2.75) is 6.10 Å². The first-order valence-electron chi connectivity index (χ1n) is 5.12. The van der Waals surface area contributed by atoms with Gasteiger partial charge in [-0.3, -0.25) is 0 Å². The molecule has 0 spiro atoms. The highest BCUT2D eigenvalue weighted by Crippen LogP contribution is 2.43. The van der Waals surface area contributed by atoms with Crippen LogP contribution >= 0.6 is 0 Å². The largest absolute Gasteiger partial charge is 0.492 e. The highest BCUT2D eigenvalue weighted by molar-refractivity contribution is 5.57. The molecule has 16 heavy (non-hydrogen) atoms. The number of aliphatic hydroxyl groups excluding tert-OH is 1. The van der Waals surface area contributed by atoms with E-state index in [1.54, 1.807) is 12.1 Å². The highest BCUT2D eigenvalue weighted by atomic mass is 16.6. The van der Waals surface area contributed by atoms with Crippen molar-refractivity contribution in [1.29, 1.82) is 0 Å². The average Bonchev–Trinajstić information content (AvgIpc) is 2.36. The van der Waals surface area contributed by atoms with Crippen LogP contribution in [0.4, 0.5) is 0 Å². The normalized spacial score (nSPS) is 15.7. The summed E-state index contributed by atoms with van der Waals surface area (Å²) in [5, 5.41) is 9.74. The summed E-state index contributed by atoms with van der Waals surface area (Å²) < 4.78 is 16.1. The molecule has 1 aromatic rings. The predicted molar refractivity (Wildman–Crippen MR) is 58.0 cm³/mol. The lowest BCUT2D eigenvalue weighted by Crippen LogP contribution is -2.18.